The molecule has 1 fully saturated rings. The first kappa shape index (κ1) is 18.5. The SMILES string of the molecule is CC(C)(CO)NC(=O)c1ccc([C@@H]2CCCN2C(=O)Cn2cncn2)s1. The van der Waals surface area contributed by atoms with E-state index in [0.717, 1.165) is 17.7 Å². The number of aromatic nitrogens is 3. The van der Waals surface area contributed by atoms with Crippen LogP contribution in [0.3, 0.4) is 0 Å². The Hall–Kier alpha value is -2.26. The van der Waals surface area contributed by atoms with E-state index < -0.39 is 5.54 Å². The fourth-order valence-corrected chi connectivity index (χ4v) is 4.02. The molecule has 8 nitrogen and oxygen atoms in total. The van der Waals surface area contributed by atoms with Crippen LogP contribution in [0.5, 0.6) is 0 Å². The third kappa shape index (κ3) is 4.10. The van der Waals surface area contributed by atoms with Gasteiger partial charge in [0.25, 0.3) is 5.91 Å². The van der Waals surface area contributed by atoms with Crippen molar-refractivity contribution in [1.82, 2.24) is 25.0 Å². The predicted molar refractivity (Wildman–Crippen MR) is 96.7 cm³/mol. The molecule has 0 aliphatic carbocycles. The van der Waals surface area contributed by atoms with Gasteiger partial charge in [-0.05, 0) is 38.8 Å². The quantitative estimate of drug-likeness (QED) is 0.788. The summed E-state index contributed by atoms with van der Waals surface area (Å²) in [6.07, 6.45) is 4.75. The number of nitrogens with zero attached hydrogens (tertiary/aromatic N) is 4. The molecule has 2 aromatic heterocycles. The number of rotatable bonds is 6. The van der Waals surface area contributed by atoms with Crippen LogP contribution < -0.4 is 5.32 Å². The number of aliphatic hydroxyl groups is 1. The van der Waals surface area contributed by atoms with Crippen LogP contribution in [0.15, 0.2) is 24.8 Å². The fourth-order valence-electron chi connectivity index (χ4n) is 2.97. The zero-order valence-electron chi connectivity index (χ0n) is 14.9. The van der Waals surface area contributed by atoms with E-state index >= 15 is 0 Å². The topological polar surface area (TPSA) is 100 Å². The van der Waals surface area contributed by atoms with Crippen molar-refractivity contribution in [3.8, 4) is 0 Å². The molecule has 9 heteroatoms. The monoisotopic (exact) mass is 377 g/mol. The second-order valence-corrected chi connectivity index (χ2v) is 8.15. The van der Waals surface area contributed by atoms with Crippen molar-refractivity contribution < 1.29 is 14.7 Å². The third-order valence-corrected chi connectivity index (χ3v) is 5.55. The lowest BCUT2D eigenvalue weighted by Crippen LogP contribution is -2.46. The number of carbonyl (C=O) groups is 2. The summed E-state index contributed by atoms with van der Waals surface area (Å²) >= 11 is 1.40. The molecule has 3 rings (SSSR count). The summed E-state index contributed by atoms with van der Waals surface area (Å²) in [5, 5.41) is 16.1. The van der Waals surface area contributed by atoms with Gasteiger partial charge in [0.05, 0.1) is 23.1 Å². The lowest BCUT2D eigenvalue weighted by atomic mass is 10.1. The van der Waals surface area contributed by atoms with E-state index in [9.17, 15) is 14.7 Å². The van der Waals surface area contributed by atoms with Gasteiger partial charge in [-0.3, -0.25) is 9.59 Å². The highest BCUT2D eigenvalue weighted by molar-refractivity contribution is 7.14. The molecule has 1 aliphatic rings. The number of hydrogen-bond donors (Lipinski definition) is 2. The maximum absolute atomic E-state index is 12.6. The fraction of sp³-hybridized carbons (Fsp3) is 0.529. The summed E-state index contributed by atoms with van der Waals surface area (Å²) in [7, 11) is 0. The largest absolute Gasteiger partial charge is 0.394 e. The number of amides is 2. The zero-order chi connectivity index (χ0) is 18.7. The van der Waals surface area contributed by atoms with Gasteiger partial charge in [-0.15, -0.1) is 11.3 Å². The van der Waals surface area contributed by atoms with E-state index in [4.69, 9.17) is 0 Å². The summed E-state index contributed by atoms with van der Waals surface area (Å²) in [5.74, 6) is -0.211. The van der Waals surface area contributed by atoms with Crippen molar-refractivity contribution >= 4 is 23.2 Å². The molecule has 0 bridgehead atoms. The van der Waals surface area contributed by atoms with Gasteiger partial charge in [0.1, 0.15) is 19.2 Å². The third-order valence-electron chi connectivity index (χ3n) is 4.36. The lowest BCUT2D eigenvalue weighted by Gasteiger charge is -2.24. The smallest absolute Gasteiger partial charge is 0.261 e. The molecular formula is C17H23N5O3S. The van der Waals surface area contributed by atoms with E-state index in [1.165, 1.54) is 28.7 Å². The van der Waals surface area contributed by atoms with Gasteiger partial charge in [-0.1, -0.05) is 0 Å². The second kappa shape index (κ2) is 7.55. The van der Waals surface area contributed by atoms with Crippen molar-refractivity contribution in [2.75, 3.05) is 13.2 Å². The van der Waals surface area contributed by atoms with E-state index in [2.05, 4.69) is 15.4 Å². The second-order valence-electron chi connectivity index (χ2n) is 7.04. The standard InChI is InChI=1S/C17H23N5O3S/c1-17(2,9-23)20-16(25)14-6-5-13(26-14)12-4-3-7-22(12)15(24)8-21-11-18-10-19-21/h5-6,10-12,23H,3-4,7-9H2,1-2H3,(H,20,25)/t12-/m0/s1. The van der Waals surface area contributed by atoms with E-state index in [1.54, 1.807) is 19.9 Å². The highest BCUT2D eigenvalue weighted by Crippen LogP contribution is 2.36. The minimum absolute atomic E-state index is 0.00110. The Bertz CT molecular complexity index is 771. The summed E-state index contributed by atoms with van der Waals surface area (Å²) in [6, 6.07) is 3.68. The normalized spacial score (nSPS) is 17.5. The summed E-state index contributed by atoms with van der Waals surface area (Å²) in [5.41, 5.74) is -0.672. The molecule has 0 spiro atoms. The first-order valence-electron chi connectivity index (χ1n) is 8.54. The molecule has 26 heavy (non-hydrogen) atoms. The van der Waals surface area contributed by atoms with E-state index in [0.29, 0.717) is 11.4 Å². The first-order valence-corrected chi connectivity index (χ1v) is 9.36. The molecule has 0 unspecified atom stereocenters. The number of nitrogens with one attached hydrogen (secondary N) is 1. The molecule has 1 aliphatic heterocycles. The maximum atomic E-state index is 12.6. The van der Waals surface area contributed by atoms with Crippen molar-refractivity contribution in [1.29, 1.82) is 0 Å². The molecule has 2 aromatic rings. The molecule has 1 saturated heterocycles. The molecule has 140 valence electrons. The lowest BCUT2D eigenvalue weighted by molar-refractivity contribution is -0.132. The van der Waals surface area contributed by atoms with Crippen LogP contribution in [-0.4, -0.2) is 55.3 Å². The summed E-state index contributed by atoms with van der Waals surface area (Å²) in [6.45, 7) is 4.26. The first-order chi connectivity index (χ1) is 12.4. The molecule has 2 N–H and O–H groups in total. The Labute approximate surface area is 155 Å². The van der Waals surface area contributed by atoms with Crippen molar-refractivity contribution in [2.24, 2.45) is 0 Å². The van der Waals surface area contributed by atoms with Crippen LogP contribution in [0.1, 0.15) is 47.3 Å². The summed E-state index contributed by atoms with van der Waals surface area (Å²) in [4.78, 5) is 32.3. The highest BCUT2D eigenvalue weighted by Gasteiger charge is 2.32. The van der Waals surface area contributed by atoms with Gasteiger partial charge >= 0.3 is 0 Å². The van der Waals surface area contributed by atoms with Crippen molar-refractivity contribution in [3.05, 3.63) is 34.5 Å². The van der Waals surface area contributed by atoms with Crippen LogP contribution >= 0.6 is 11.3 Å². The van der Waals surface area contributed by atoms with Crippen molar-refractivity contribution in [2.45, 2.75) is 44.8 Å². The summed E-state index contributed by atoms with van der Waals surface area (Å²) < 4.78 is 1.52. The Kier molecular flexibility index (Phi) is 5.38. The van der Waals surface area contributed by atoms with Gasteiger partial charge < -0.3 is 15.3 Å². The van der Waals surface area contributed by atoms with Crippen LogP contribution in [0.25, 0.3) is 0 Å². The van der Waals surface area contributed by atoms with Crippen LogP contribution in [0.2, 0.25) is 0 Å². The van der Waals surface area contributed by atoms with Crippen LogP contribution in [-0.2, 0) is 11.3 Å². The Morgan fingerprint density at radius 3 is 2.92 bits per heavy atom. The van der Waals surface area contributed by atoms with Gasteiger partial charge in [0.15, 0.2) is 0 Å². The van der Waals surface area contributed by atoms with E-state index in [1.807, 2.05) is 11.0 Å². The molecule has 0 saturated carbocycles. The zero-order valence-corrected chi connectivity index (χ0v) is 15.7. The minimum atomic E-state index is -0.672. The number of carbonyl (C=O) groups excluding carboxylic acids is 2. The molecule has 0 radical (unpaired) electrons. The van der Waals surface area contributed by atoms with Crippen LogP contribution in [0, 0.1) is 0 Å². The molecular weight excluding hydrogens is 354 g/mol. The number of aliphatic hydroxyl groups excluding tert-OH is 1. The average molecular weight is 377 g/mol. The number of thiophene rings is 1. The Balaban J connectivity index is 1.69. The molecule has 1 atom stereocenters. The average Bonchev–Trinajstić information content (AvgIpc) is 3.34. The molecule has 3 heterocycles. The minimum Gasteiger partial charge on any atom is -0.394 e. The van der Waals surface area contributed by atoms with Gasteiger partial charge in [-0.2, -0.15) is 5.10 Å². The molecule has 0 aromatic carbocycles. The van der Waals surface area contributed by atoms with Gasteiger partial charge in [0, 0.05) is 11.4 Å². The van der Waals surface area contributed by atoms with Crippen LogP contribution in [0.4, 0.5) is 0 Å². The molecule has 2 amide bonds. The predicted octanol–water partition coefficient (Wildman–Crippen LogP) is 1.20. The van der Waals surface area contributed by atoms with Crippen molar-refractivity contribution in [3.63, 3.8) is 0 Å². The van der Waals surface area contributed by atoms with Gasteiger partial charge in [0.2, 0.25) is 5.91 Å². The Morgan fingerprint density at radius 2 is 2.23 bits per heavy atom. The highest BCUT2D eigenvalue weighted by atomic mass is 32.1. The van der Waals surface area contributed by atoms with Gasteiger partial charge in [-0.25, -0.2) is 9.67 Å². The van der Waals surface area contributed by atoms with E-state index in [-0.39, 0.29) is 31.0 Å². The Morgan fingerprint density at radius 1 is 1.42 bits per heavy atom. The maximum Gasteiger partial charge on any atom is 0.261 e. The number of likely N-dealkylation sites (tertiary alicyclic amines) is 1. The number of hydrogen-bond acceptors (Lipinski definition) is 6.